The highest BCUT2D eigenvalue weighted by atomic mass is 32.1. The van der Waals surface area contributed by atoms with Crippen LogP contribution >= 0.6 is 11.5 Å². The number of hydrogen-bond donors (Lipinski definition) is 2. The Hall–Kier alpha value is -0.680. The average Bonchev–Trinajstić information content (AvgIpc) is 2.58. The lowest BCUT2D eigenvalue weighted by Gasteiger charge is -2.20. The predicted octanol–water partition coefficient (Wildman–Crippen LogP) is 2.64. The summed E-state index contributed by atoms with van der Waals surface area (Å²) in [6.07, 6.45) is 0. The van der Waals surface area contributed by atoms with E-state index in [1.807, 2.05) is 0 Å². The number of rotatable bonds is 4. The molecule has 0 amide bonds. The second kappa shape index (κ2) is 5.31. The Labute approximate surface area is 108 Å². The topological polar surface area (TPSA) is 49.8 Å². The van der Waals surface area contributed by atoms with Gasteiger partial charge in [0.2, 0.25) is 5.13 Å². The van der Waals surface area contributed by atoms with Gasteiger partial charge in [-0.2, -0.15) is 4.37 Å². The molecule has 0 saturated carbocycles. The van der Waals surface area contributed by atoms with E-state index in [-0.39, 0.29) is 11.0 Å². The standard InChI is InChI=1S/C12H24N4S/c1-11(2,3)9-15-10(17-16-9)13-7-8-14-12(4,5)6/h14H,7-8H2,1-6H3,(H,13,15,16). The van der Waals surface area contributed by atoms with E-state index in [0.29, 0.717) is 0 Å². The lowest BCUT2D eigenvalue weighted by atomic mass is 9.96. The quantitative estimate of drug-likeness (QED) is 0.813. The summed E-state index contributed by atoms with van der Waals surface area (Å²) in [4.78, 5) is 4.48. The van der Waals surface area contributed by atoms with Gasteiger partial charge in [0.1, 0.15) is 5.82 Å². The van der Waals surface area contributed by atoms with Crippen LogP contribution in [0.25, 0.3) is 0 Å². The number of aromatic nitrogens is 2. The Balaban J connectivity index is 2.36. The molecule has 1 aromatic heterocycles. The van der Waals surface area contributed by atoms with E-state index in [2.05, 4.69) is 61.5 Å². The van der Waals surface area contributed by atoms with Gasteiger partial charge in [-0.25, -0.2) is 4.98 Å². The Morgan fingerprint density at radius 2 is 1.71 bits per heavy atom. The first-order valence-electron chi connectivity index (χ1n) is 6.01. The fourth-order valence-corrected chi connectivity index (χ4v) is 1.99. The lowest BCUT2D eigenvalue weighted by Crippen LogP contribution is -2.38. The third-order valence-corrected chi connectivity index (χ3v) is 2.83. The summed E-state index contributed by atoms with van der Waals surface area (Å²) in [5, 5.41) is 7.62. The minimum atomic E-state index is 0.0279. The SMILES string of the molecule is CC(C)(C)NCCNc1nc(C(C)(C)C)ns1. The Morgan fingerprint density at radius 3 is 2.18 bits per heavy atom. The second-order valence-corrected chi connectivity index (χ2v) is 7.03. The van der Waals surface area contributed by atoms with Crippen molar-refractivity contribution < 1.29 is 0 Å². The molecule has 0 aliphatic rings. The van der Waals surface area contributed by atoms with Crippen molar-refractivity contribution in [1.29, 1.82) is 0 Å². The summed E-state index contributed by atoms with van der Waals surface area (Å²) in [5.41, 5.74) is 0.194. The van der Waals surface area contributed by atoms with Crippen LogP contribution in [0.2, 0.25) is 0 Å². The first kappa shape index (κ1) is 14.4. The van der Waals surface area contributed by atoms with Crippen LogP contribution in [0.1, 0.15) is 47.4 Å². The van der Waals surface area contributed by atoms with Crippen molar-refractivity contribution in [3.05, 3.63) is 5.82 Å². The maximum Gasteiger partial charge on any atom is 0.202 e. The fourth-order valence-electron chi connectivity index (χ4n) is 1.21. The molecule has 0 aliphatic carbocycles. The maximum absolute atomic E-state index is 4.48. The summed E-state index contributed by atoms with van der Waals surface area (Å²) >= 11 is 1.43. The Bertz CT molecular complexity index is 346. The molecule has 0 aromatic carbocycles. The molecule has 0 bridgehead atoms. The van der Waals surface area contributed by atoms with E-state index in [9.17, 15) is 0 Å². The molecule has 0 fully saturated rings. The first-order chi connectivity index (χ1) is 7.68. The third kappa shape index (κ3) is 5.46. The fraction of sp³-hybridized carbons (Fsp3) is 0.833. The second-order valence-electron chi connectivity index (χ2n) is 6.28. The molecule has 0 radical (unpaired) electrons. The van der Waals surface area contributed by atoms with Crippen LogP contribution in [0.4, 0.5) is 5.13 Å². The van der Waals surface area contributed by atoms with Gasteiger partial charge in [-0.1, -0.05) is 20.8 Å². The highest BCUT2D eigenvalue weighted by Gasteiger charge is 2.19. The minimum Gasteiger partial charge on any atom is -0.359 e. The molecule has 0 unspecified atom stereocenters. The van der Waals surface area contributed by atoms with Gasteiger partial charge in [0, 0.05) is 35.6 Å². The van der Waals surface area contributed by atoms with Crippen LogP contribution in [0, 0.1) is 0 Å². The summed E-state index contributed by atoms with van der Waals surface area (Å²) in [6.45, 7) is 14.7. The zero-order chi connectivity index (χ0) is 13.1. The molecule has 0 spiro atoms. The first-order valence-corrected chi connectivity index (χ1v) is 6.79. The zero-order valence-electron chi connectivity index (χ0n) is 11.7. The van der Waals surface area contributed by atoms with E-state index in [0.717, 1.165) is 24.0 Å². The molecule has 17 heavy (non-hydrogen) atoms. The molecule has 5 heteroatoms. The molecule has 0 saturated heterocycles. The van der Waals surface area contributed by atoms with Gasteiger partial charge in [-0.15, -0.1) is 0 Å². The molecule has 2 N–H and O–H groups in total. The average molecular weight is 256 g/mol. The zero-order valence-corrected chi connectivity index (χ0v) is 12.5. The highest BCUT2D eigenvalue weighted by molar-refractivity contribution is 7.09. The van der Waals surface area contributed by atoms with E-state index in [1.165, 1.54) is 11.5 Å². The van der Waals surface area contributed by atoms with Gasteiger partial charge in [0.25, 0.3) is 0 Å². The maximum atomic E-state index is 4.48. The van der Waals surface area contributed by atoms with Gasteiger partial charge in [0.15, 0.2) is 0 Å². The Morgan fingerprint density at radius 1 is 1.06 bits per heavy atom. The Kier molecular flexibility index (Phi) is 4.49. The number of hydrogen-bond acceptors (Lipinski definition) is 5. The van der Waals surface area contributed by atoms with Gasteiger partial charge in [-0.3, -0.25) is 0 Å². The van der Waals surface area contributed by atoms with Crippen molar-refractivity contribution in [1.82, 2.24) is 14.7 Å². The van der Waals surface area contributed by atoms with Gasteiger partial charge >= 0.3 is 0 Å². The largest absolute Gasteiger partial charge is 0.359 e. The van der Waals surface area contributed by atoms with Gasteiger partial charge < -0.3 is 10.6 Å². The van der Waals surface area contributed by atoms with Crippen molar-refractivity contribution in [2.75, 3.05) is 18.4 Å². The van der Waals surface area contributed by atoms with Crippen LogP contribution < -0.4 is 10.6 Å². The van der Waals surface area contributed by atoms with E-state index in [4.69, 9.17) is 0 Å². The van der Waals surface area contributed by atoms with Gasteiger partial charge in [-0.05, 0) is 20.8 Å². The van der Waals surface area contributed by atoms with Crippen LogP contribution in [0.15, 0.2) is 0 Å². The molecule has 1 rings (SSSR count). The van der Waals surface area contributed by atoms with Crippen molar-refractivity contribution in [3.8, 4) is 0 Å². The minimum absolute atomic E-state index is 0.0279. The van der Waals surface area contributed by atoms with Crippen LogP contribution in [-0.4, -0.2) is 28.0 Å². The van der Waals surface area contributed by atoms with Crippen molar-refractivity contribution >= 4 is 16.7 Å². The van der Waals surface area contributed by atoms with Crippen molar-refractivity contribution in [3.63, 3.8) is 0 Å². The summed E-state index contributed by atoms with van der Waals surface area (Å²) < 4.78 is 4.36. The van der Waals surface area contributed by atoms with E-state index < -0.39 is 0 Å². The molecule has 1 aromatic rings. The van der Waals surface area contributed by atoms with E-state index in [1.54, 1.807) is 0 Å². The molecular formula is C12H24N4S. The summed E-state index contributed by atoms with van der Waals surface area (Å²) in [5.74, 6) is 0.911. The van der Waals surface area contributed by atoms with Gasteiger partial charge in [0.05, 0.1) is 0 Å². The van der Waals surface area contributed by atoms with Crippen molar-refractivity contribution in [2.45, 2.75) is 52.5 Å². The monoisotopic (exact) mass is 256 g/mol. The third-order valence-electron chi connectivity index (χ3n) is 2.15. The summed E-state index contributed by atoms with van der Waals surface area (Å²) in [7, 11) is 0. The highest BCUT2D eigenvalue weighted by Crippen LogP contribution is 2.22. The normalized spacial score (nSPS) is 12.8. The lowest BCUT2D eigenvalue weighted by molar-refractivity contribution is 0.435. The molecule has 1 heterocycles. The molecule has 98 valence electrons. The van der Waals surface area contributed by atoms with Crippen LogP contribution in [-0.2, 0) is 5.41 Å². The van der Waals surface area contributed by atoms with Crippen LogP contribution in [0.3, 0.4) is 0 Å². The number of nitrogens with one attached hydrogen (secondary N) is 2. The predicted molar refractivity (Wildman–Crippen MR) is 74.9 cm³/mol. The molecule has 0 atom stereocenters. The molecule has 4 nitrogen and oxygen atoms in total. The number of nitrogens with zero attached hydrogens (tertiary/aromatic N) is 2. The van der Waals surface area contributed by atoms with Crippen LogP contribution in [0.5, 0.6) is 0 Å². The molecular weight excluding hydrogens is 232 g/mol. The summed E-state index contributed by atoms with van der Waals surface area (Å²) in [6, 6.07) is 0. The van der Waals surface area contributed by atoms with Crippen molar-refractivity contribution in [2.24, 2.45) is 0 Å². The number of anilines is 1. The van der Waals surface area contributed by atoms with E-state index >= 15 is 0 Å². The smallest absolute Gasteiger partial charge is 0.202 e. The molecule has 0 aliphatic heterocycles.